The first-order valence-electron chi connectivity index (χ1n) is 7.04. The van der Waals surface area contributed by atoms with Crippen LogP contribution in [0, 0.1) is 14.1 Å². The molecule has 0 spiro atoms. The van der Waals surface area contributed by atoms with Gasteiger partial charge in [0.15, 0.2) is 6.61 Å². The number of hydrogen-bond acceptors (Lipinski definition) is 4. The zero-order valence-corrected chi connectivity index (χ0v) is 17.5. The zero-order chi connectivity index (χ0) is 17.5. The number of aryl methyl sites for hydroxylation is 1. The van der Waals surface area contributed by atoms with Crippen molar-refractivity contribution in [3.8, 4) is 11.5 Å². The van der Waals surface area contributed by atoms with E-state index < -0.39 is 0 Å². The van der Waals surface area contributed by atoms with Crippen LogP contribution >= 0.6 is 45.2 Å². The topological polar surface area (TPSA) is 59.9 Å². The van der Waals surface area contributed by atoms with Gasteiger partial charge in [-0.3, -0.25) is 4.79 Å². The van der Waals surface area contributed by atoms with Gasteiger partial charge in [0.25, 0.3) is 5.91 Å². The van der Waals surface area contributed by atoms with Crippen LogP contribution in [0.4, 0.5) is 0 Å². The van der Waals surface area contributed by atoms with E-state index in [4.69, 9.17) is 9.47 Å². The Bertz CT molecular complexity index is 746. The molecule has 0 atom stereocenters. The average molecular weight is 550 g/mol. The highest BCUT2D eigenvalue weighted by Gasteiger charge is 2.07. The molecule has 126 valence electrons. The highest BCUT2D eigenvalue weighted by molar-refractivity contribution is 14.1. The van der Waals surface area contributed by atoms with Crippen LogP contribution in [-0.2, 0) is 4.79 Å². The maximum atomic E-state index is 11.8. The lowest BCUT2D eigenvalue weighted by molar-refractivity contribution is -0.123. The van der Waals surface area contributed by atoms with E-state index in [2.05, 4.69) is 55.7 Å². The molecule has 7 heteroatoms. The fourth-order valence-electron chi connectivity index (χ4n) is 1.88. The summed E-state index contributed by atoms with van der Waals surface area (Å²) < 4.78 is 12.8. The number of halogens is 2. The number of hydrazone groups is 1. The fourth-order valence-corrected chi connectivity index (χ4v) is 3.99. The number of carbonyl (C=O) groups is 1. The smallest absolute Gasteiger partial charge is 0.277 e. The lowest BCUT2D eigenvalue weighted by Crippen LogP contribution is -2.24. The van der Waals surface area contributed by atoms with Gasteiger partial charge in [-0.1, -0.05) is 17.7 Å². The van der Waals surface area contributed by atoms with Crippen LogP contribution < -0.4 is 14.9 Å². The van der Waals surface area contributed by atoms with Crippen molar-refractivity contribution in [1.29, 1.82) is 0 Å². The van der Waals surface area contributed by atoms with E-state index in [1.165, 1.54) is 0 Å². The zero-order valence-electron chi connectivity index (χ0n) is 13.2. The van der Waals surface area contributed by atoms with Crippen molar-refractivity contribution in [3.63, 3.8) is 0 Å². The molecular formula is C17H16I2N2O3. The Hall–Kier alpha value is -1.36. The molecule has 0 unspecified atom stereocenters. The molecule has 0 saturated carbocycles. The number of methoxy groups -OCH3 is 1. The summed E-state index contributed by atoms with van der Waals surface area (Å²) in [4.78, 5) is 11.8. The predicted molar refractivity (Wildman–Crippen MR) is 111 cm³/mol. The maximum absolute atomic E-state index is 11.8. The molecule has 0 heterocycles. The molecule has 0 aliphatic rings. The molecule has 0 fully saturated rings. The number of hydrogen-bond donors (Lipinski definition) is 1. The molecule has 0 aliphatic carbocycles. The Kier molecular flexibility index (Phi) is 7.28. The molecule has 0 saturated heterocycles. The number of ether oxygens (including phenoxy) is 2. The van der Waals surface area contributed by atoms with Crippen LogP contribution in [0.15, 0.2) is 41.5 Å². The summed E-state index contributed by atoms with van der Waals surface area (Å²) in [5, 5.41) is 3.97. The van der Waals surface area contributed by atoms with Gasteiger partial charge < -0.3 is 9.47 Å². The minimum absolute atomic E-state index is 0.0958. The second-order valence-corrected chi connectivity index (χ2v) is 7.31. The molecule has 0 aliphatic heterocycles. The van der Waals surface area contributed by atoms with Gasteiger partial charge in [-0.25, -0.2) is 5.43 Å². The maximum Gasteiger partial charge on any atom is 0.277 e. The van der Waals surface area contributed by atoms with E-state index in [0.29, 0.717) is 5.75 Å². The number of benzene rings is 2. The van der Waals surface area contributed by atoms with Gasteiger partial charge >= 0.3 is 0 Å². The first-order valence-corrected chi connectivity index (χ1v) is 9.19. The first kappa shape index (κ1) is 19.0. The van der Waals surface area contributed by atoms with E-state index >= 15 is 0 Å². The number of amides is 1. The highest BCUT2D eigenvalue weighted by Crippen LogP contribution is 2.26. The second-order valence-electron chi connectivity index (χ2n) is 4.90. The summed E-state index contributed by atoms with van der Waals surface area (Å²) in [6.45, 7) is 1.90. The van der Waals surface area contributed by atoms with Crippen molar-refractivity contribution in [2.75, 3.05) is 13.7 Å². The van der Waals surface area contributed by atoms with Crippen molar-refractivity contribution in [1.82, 2.24) is 5.43 Å². The van der Waals surface area contributed by atoms with E-state index in [0.717, 1.165) is 24.0 Å². The first-order chi connectivity index (χ1) is 11.5. The van der Waals surface area contributed by atoms with E-state index in [-0.39, 0.29) is 12.5 Å². The van der Waals surface area contributed by atoms with E-state index in [1.807, 2.05) is 43.3 Å². The molecule has 2 aromatic rings. The Labute approximate surface area is 168 Å². The van der Waals surface area contributed by atoms with Crippen molar-refractivity contribution < 1.29 is 14.3 Å². The molecule has 2 aromatic carbocycles. The van der Waals surface area contributed by atoms with Crippen molar-refractivity contribution in [2.24, 2.45) is 5.10 Å². The van der Waals surface area contributed by atoms with Gasteiger partial charge in [0, 0.05) is 9.13 Å². The van der Waals surface area contributed by atoms with Gasteiger partial charge in [-0.15, -0.1) is 0 Å². The summed E-state index contributed by atoms with van der Waals surface area (Å²) in [7, 11) is 1.61. The molecule has 0 radical (unpaired) electrons. The molecule has 0 bridgehead atoms. The Morgan fingerprint density at radius 3 is 2.62 bits per heavy atom. The molecule has 0 aromatic heterocycles. The molecule has 5 nitrogen and oxygen atoms in total. The van der Waals surface area contributed by atoms with Crippen LogP contribution in [0.5, 0.6) is 11.5 Å². The third kappa shape index (κ3) is 5.62. The summed E-state index contributed by atoms with van der Waals surface area (Å²) >= 11 is 4.42. The van der Waals surface area contributed by atoms with Crippen molar-refractivity contribution in [3.05, 3.63) is 54.7 Å². The van der Waals surface area contributed by atoms with Crippen molar-refractivity contribution in [2.45, 2.75) is 6.92 Å². The molecule has 1 amide bonds. The normalized spacial score (nSPS) is 10.7. The van der Waals surface area contributed by atoms with Gasteiger partial charge in [0.05, 0.1) is 16.9 Å². The molecule has 1 N–H and O–H groups in total. The minimum atomic E-state index is -0.328. The number of carbonyl (C=O) groups excluding carboxylic acids is 1. The van der Waals surface area contributed by atoms with Crippen LogP contribution in [0.2, 0.25) is 0 Å². The van der Waals surface area contributed by atoms with Gasteiger partial charge in [-0.2, -0.15) is 5.10 Å². The monoisotopic (exact) mass is 550 g/mol. The number of nitrogens with zero attached hydrogens (tertiary/aromatic N) is 1. The Morgan fingerprint density at radius 1 is 1.25 bits per heavy atom. The van der Waals surface area contributed by atoms with Crippen LogP contribution in [0.3, 0.4) is 0 Å². The molecule has 2 rings (SSSR count). The van der Waals surface area contributed by atoms with Gasteiger partial charge in [0.2, 0.25) is 0 Å². The largest absolute Gasteiger partial charge is 0.495 e. The predicted octanol–water partition coefficient (Wildman–Crippen LogP) is 3.74. The fraction of sp³-hybridized carbons (Fsp3) is 0.176. The Balaban J connectivity index is 1.91. The summed E-state index contributed by atoms with van der Waals surface area (Å²) in [6, 6.07) is 11.4. The number of rotatable bonds is 6. The molecule has 24 heavy (non-hydrogen) atoms. The highest BCUT2D eigenvalue weighted by atomic mass is 127. The molecular weight excluding hydrogens is 534 g/mol. The Morgan fingerprint density at radius 2 is 1.96 bits per heavy atom. The minimum Gasteiger partial charge on any atom is -0.495 e. The third-order valence-electron chi connectivity index (χ3n) is 3.03. The summed E-state index contributed by atoms with van der Waals surface area (Å²) in [5.74, 6) is 1.05. The third-order valence-corrected chi connectivity index (χ3v) is 4.45. The van der Waals surface area contributed by atoms with Crippen molar-refractivity contribution >= 4 is 57.3 Å². The quantitative estimate of drug-likeness (QED) is 0.339. The standard InChI is InChI=1S/C17H16I2N2O3/c1-11-3-5-14(6-4-11)24-10-16(22)21-20-9-12-7-13(18)8-15(19)17(12)23-2/h3-9H,10H2,1-2H3,(H,21,22)/b20-9-. The summed E-state index contributed by atoms with van der Waals surface area (Å²) in [6.07, 6.45) is 1.56. The van der Waals surface area contributed by atoms with Gasteiger partial charge in [0.1, 0.15) is 11.5 Å². The lowest BCUT2D eigenvalue weighted by Gasteiger charge is -2.08. The van der Waals surface area contributed by atoms with E-state index in [9.17, 15) is 4.79 Å². The van der Waals surface area contributed by atoms with Crippen LogP contribution in [-0.4, -0.2) is 25.8 Å². The van der Waals surface area contributed by atoms with Gasteiger partial charge in [-0.05, 0) is 76.4 Å². The summed E-state index contributed by atoms with van der Waals surface area (Å²) in [5.41, 5.74) is 4.38. The SMILES string of the molecule is COc1c(I)cc(I)cc1/C=N\NC(=O)COc1ccc(C)cc1. The number of nitrogens with one attached hydrogen (secondary N) is 1. The second kappa shape index (κ2) is 9.21. The van der Waals surface area contributed by atoms with Crippen LogP contribution in [0.25, 0.3) is 0 Å². The van der Waals surface area contributed by atoms with Crippen LogP contribution in [0.1, 0.15) is 11.1 Å². The lowest BCUT2D eigenvalue weighted by atomic mass is 10.2. The average Bonchev–Trinajstić information content (AvgIpc) is 2.54. The van der Waals surface area contributed by atoms with E-state index in [1.54, 1.807) is 13.3 Å².